The first-order valence-corrected chi connectivity index (χ1v) is 13.6. The Labute approximate surface area is 243 Å². The number of methoxy groups -OCH3 is 1. The molecule has 1 amide bonds. The van der Waals surface area contributed by atoms with Crippen molar-refractivity contribution in [1.29, 1.82) is 0 Å². The first-order valence-electron chi connectivity index (χ1n) is 12.1. The molecule has 0 saturated heterocycles. The quantitative estimate of drug-likeness (QED) is 0.0868. The maximum absolute atomic E-state index is 13.5. The van der Waals surface area contributed by atoms with Gasteiger partial charge in [-0.1, -0.05) is 29.8 Å². The summed E-state index contributed by atoms with van der Waals surface area (Å²) in [4.78, 5) is 27.7. The van der Waals surface area contributed by atoms with E-state index in [1.54, 1.807) is 24.3 Å². The second-order valence-electron chi connectivity index (χ2n) is 9.38. The van der Waals surface area contributed by atoms with Crippen molar-refractivity contribution < 1.29 is 50.5 Å². The minimum Gasteiger partial charge on any atom is -0.569 e. The third-order valence-electron chi connectivity index (χ3n) is 6.11. The third-order valence-corrected chi connectivity index (χ3v) is 7.46. The molecule has 0 radical (unpaired) electrons. The number of hydrogen-bond acceptors (Lipinski definition) is 10. The van der Waals surface area contributed by atoms with E-state index < -0.39 is 51.2 Å². The van der Waals surface area contributed by atoms with Crippen molar-refractivity contribution in [3.05, 3.63) is 71.1 Å². The van der Waals surface area contributed by atoms with Gasteiger partial charge in [0.05, 0.1) is 35.4 Å². The zero-order chi connectivity index (χ0) is 32.2. The Balaban J connectivity index is 1.81. The van der Waals surface area contributed by atoms with Gasteiger partial charge < -0.3 is 19.5 Å². The number of aryl methyl sites for hydroxylation is 1. The van der Waals surface area contributed by atoms with Crippen LogP contribution < -0.4 is 4.72 Å². The van der Waals surface area contributed by atoms with Crippen LogP contribution in [-0.2, 0) is 35.3 Å². The van der Waals surface area contributed by atoms with E-state index in [-0.39, 0.29) is 16.4 Å². The van der Waals surface area contributed by atoms with Gasteiger partial charge in [-0.15, -0.1) is 5.01 Å². The lowest BCUT2D eigenvalue weighted by molar-refractivity contribution is -0.717. The topological polar surface area (TPSA) is 167 Å². The lowest BCUT2D eigenvalue weighted by Crippen LogP contribution is -2.56. The molecule has 0 atom stereocenters. The van der Waals surface area contributed by atoms with Gasteiger partial charge in [0.2, 0.25) is 5.28 Å². The Kier molecular flexibility index (Phi) is 9.53. The van der Waals surface area contributed by atoms with Gasteiger partial charge in [-0.3, -0.25) is 4.79 Å². The monoisotopic (exact) mass is 628 g/mol. The van der Waals surface area contributed by atoms with Gasteiger partial charge in [-0.2, -0.15) is 18.3 Å². The molecule has 1 aromatic heterocycles. The molecule has 3 aromatic rings. The van der Waals surface area contributed by atoms with Crippen molar-refractivity contribution in [1.82, 2.24) is 19.5 Å². The molecule has 0 fully saturated rings. The molecule has 0 aliphatic rings. The highest BCUT2D eigenvalue weighted by Gasteiger charge is 2.41. The van der Waals surface area contributed by atoms with E-state index in [0.717, 1.165) is 42.6 Å². The highest BCUT2D eigenvalue weighted by molar-refractivity contribution is 7.90. The second-order valence-corrected chi connectivity index (χ2v) is 11.1. The van der Waals surface area contributed by atoms with Crippen molar-refractivity contribution in [3.8, 4) is 16.9 Å². The molecule has 0 bridgehead atoms. The number of sulfonamides is 1. The Bertz CT molecular complexity index is 1610. The molecule has 232 valence electrons. The van der Waals surface area contributed by atoms with Gasteiger partial charge in [-0.05, 0) is 51.1 Å². The summed E-state index contributed by atoms with van der Waals surface area (Å²) in [5.74, 6) is -1.13. The van der Waals surface area contributed by atoms with Gasteiger partial charge >= 0.3 is 12.3 Å². The van der Waals surface area contributed by atoms with Gasteiger partial charge in [0.25, 0.3) is 22.7 Å². The Morgan fingerprint density at radius 3 is 2.28 bits per heavy atom. The van der Waals surface area contributed by atoms with Crippen LogP contribution in [0.15, 0.2) is 64.8 Å². The second kappa shape index (κ2) is 12.6. The number of likely N-dealkylation sites (N-methyl/N-ethyl adjacent to an activating group) is 1. The number of alkyl halides is 3. The Morgan fingerprint density at radius 1 is 1.12 bits per heavy atom. The van der Waals surface area contributed by atoms with E-state index in [0.29, 0.717) is 10.6 Å². The Morgan fingerprint density at radius 2 is 1.72 bits per heavy atom. The van der Waals surface area contributed by atoms with Crippen LogP contribution in [0.1, 0.15) is 25.1 Å². The summed E-state index contributed by atoms with van der Waals surface area (Å²) in [7, 11) is -2.34. The first kappa shape index (κ1) is 32.6. The van der Waals surface area contributed by atoms with Gasteiger partial charge in [0.1, 0.15) is 0 Å². The van der Waals surface area contributed by atoms with E-state index in [9.17, 15) is 36.4 Å². The number of hydrogen-bond donors (Lipinski definition) is 1. The van der Waals surface area contributed by atoms with Gasteiger partial charge in [-0.25, -0.2) is 22.6 Å². The van der Waals surface area contributed by atoms with E-state index in [2.05, 4.69) is 24.7 Å². The number of nitrogens with one attached hydrogen (secondary N) is 1. The van der Waals surface area contributed by atoms with E-state index in [4.69, 9.17) is 0 Å². The van der Waals surface area contributed by atoms with Crippen molar-refractivity contribution >= 4 is 22.1 Å². The van der Waals surface area contributed by atoms with E-state index in [1.165, 1.54) is 26.0 Å². The first-order chi connectivity index (χ1) is 20.0. The Hall–Kier alpha value is -4.87. The molecular weight excluding hydrogens is 601 g/mol. The number of rotatable bonds is 10. The fourth-order valence-corrected chi connectivity index (χ4v) is 4.45. The molecule has 1 N–H and O–H groups in total. The smallest absolute Gasteiger partial charge is 0.510 e. The summed E-state index contributed by atoms with van der Waals surface area (Å²) < 4.78 is 77.9. The van der Waals surface area contributed by atoms with Gasteiger partial charge in [0.15, 0.2) is 11.2 Å². The summed E-state index contributed by atoms with van der Waals surface area (Å²) in [5.41, 5.74) is -1.36. The number of amides is 1. The van der Waals surface area contributed by atoms with Crippen molar-refractivity contribution in [3.63, 3.8) is 0 Å². The average molecular weight is 629 g/mol. The fraction of sp³-hybridized carbons (Fsp3) is 0.320. The molecule has 3 rings (SSSR count). The summed E-state index contributed by atoms with van der Waals surface area (Å²) >= 11 is 0. The zero-order valence-corrected chi connectivity index (χ0v) is 24.3. The zero-order valence-electron chi connectivity index (χ0n) is 23.4. The number of carbonyl (C=O) groups excluding carboxylic acids is 2. The fourth-order valence-electron chi connectivity index (χ4n) is 3.34. The van der Waals surface area contributed by atoms with E-state index in [1.807, 2.05) is 11.6 Å². The number of ether oxygens (including phenoxy) is 2. The molecule has 1 heterocycles. The van der Waals surface area contributed by atoms with Crippen molar-refractivity contribution in [2.24, 2.45) is 5.28 Å². The predicted molar refractivity (Wildman–Crippen MR) is 141 cm³/mol. The van der Waals surface area contributed by atoms with Gasteiger partial charge in [0, 0.05) is 5.56 Å². The molecule has 0 aliphatic heterocycles. The summed E-state index contributed by atoms with van der Waals surface area (Å²) in [6.07, 6.45) is -5.82. The summed E-state index contributed by atoms with van der Waals surface area (Å²) in [6, 6.07) is 12.2. The molecular formula is C25H27F3N6O8S. The van der Waals surface area contributed by atoms with Crippen LogP contribution in [0, 0.1) is 12.1 Å². The maximum atomic E-state index is 13.5. The van der Waals surface area contributed by atoms with Crippen molar-refractivity contribution in [2.45, 2.75) is 37.4 Å². The standard InChI is InChI=1S/C25H27F3N6O8S/c1-16-6-8-17(9-7-16)20-14-21(25(26,27)28)29-33(20)18-10-12-19(13-11-18)43(38,39)30-22(35)24(2,3)32(4)34(37)31-42-15-41-23(36)40-5/h6-14H,15H2,1-5H3,(H,30,35)/b34-31-. The normalized spacial score (nSPS) is 12.4. The third kappa shape index (κ3) is 7.70. The molecule has 0 spiro atoms. The predicted octanol–water partition coefficient (Wildman–Crippen LogP) is 3.93. The van der Waals surface area contributed by atoms with Crippen LogP contribution in [-0.4, -0.2) is 66.7 Å². The largest absolute Gasteiger partial charge is 0.569 e. The minimum atomic E-state index is -4.73. The summed E-state index contributed by atoms with van der Waals surface area (Å²) in [6.45, 7) is 3.48. The highest BCUT2D eigenvalue weighted by atomic mass is 32.2. The van der Waals surface area contributed by atoms with E-state index >= 15 is 0 Å². The number of halogens is 3. The lowest BCUT2D eigenvalue weighted by Gasteiger charge is -2.29. The van der Waals surface area contributed by atoms with Crippen LogP contribution in [0.25, 0.3) is 16.9 Å². The molecule has 18 heteroatoms. The number of nitrogens with zero attached hydrogens (tertiary/aromatic N) is 5. The molecule has 2 aromatic carbocycles. The number of carbonyl (C=O) groups is 2. The molecule has 43 heavy (non-hydrogen) atoms. The maximum Gasteiger partial charge on any atom is 0.510 e. The van der Waals surface area contributed by atoms with Crippen LogP contribution in [0.5, 0.6) is 0 Å². The number of benzene rings is 2. The molecule has 0 unspecified atom stereocenters. The number of aromatic nitrogens is 2. The number of hydrazine groups is 1. The van der Waals surface area contributed by atoms with Crippen LogP contribution in [0.3, 0.4) is 0 Å². The SMILES string of the molecule is COC(=O)OCO/N=[N+](\[O-])N(C)C(C)(C)C(=O)NS(=O)(=O)c1ccc(-n2nc(C(F)(F)F)cc2-c2ccc(C)cc2)cc1. The lowest BCUT2D eigenvalue weighted by atomic mass is 10.1. The highest BCUT2D eigenvalue weighted by Crippen LogP contribution is 2.33. The molecule has 0 aliphatic carbocycles. The van der Waals surface area contributed by atoms with Crippen molar-refractivity contribution in [2.75, 3.05) is 21.0 Å². The molecule has 14 nitrogen and oxygen atoms in total. The van der Waals surface area contributed by atoms with Crippen LogP contribution in [0.2, 0.25) is 0 Å². The summed E-state index contributed by atoms with van der Waals surface area (Å²) in [5, 5.41) is 19.7. The molecule has 0 saturated carbocycles. The van der Waals surface area contributed by atoms with Crippen LogP contribution in [0.4, 0.5) is 18.0 Å². The van der Waals surface area contributed by atoms with Crippen LogP contribution >= 0.6 is 0 Å². The minimum absolute atomic E-state index is 0.120. The average Bonchev–Trinajstić information content (AvgIpc) is 3.41.